The summed E-state index contributed by atoms with van der Waals surface area (Å²) in [6.45, 7) is 9.54. The lowest BCUT2D eigenvalue weighted by molar-refractivity contribution is -0.151. The second-order valence-corrected chi connectivity index (χ2v) is 7.83. The van der Waals surface area contributed by atoms with Gasteiger partial charge in [-0.05, 0) is 44.2 Å². The quantitative estimate of drug-likeness (QED) is 0.496. The Morgan fingerprint density at radius 3 is 2.48 bits per heavy atom. The Hall–Kier alpha value is -1.91. The summed E-state index contributed by atoms with van der Waals surface area (Å²) >= 11 is 0. The topological polar surface area (TPSA) is 64.8 Å². The van der Waals surface area contributed by atoms with Gasteiger partial charge in [0.05, 0.1) is 18.0 Å². The fourth-order valence-electron chi connectivity index (χ4n) is 3.80. The average molecular weight is 377 g/mol. The highest BCUT2D eigenvalue weighted by Crippen LogP contribution is 2.34. The zero-order chi connectivity index (χ0) is 19.8. The molecule has 0 radical (unpaired) electrons. The van der Waals surface area contributed by atoms with Gasteiger partial charge in [0.2, 0.25) is 0 Å². The molecule has 2 N–H and O–H groups in total. The summed E-state index contributed by atoms with van der Waals surface area (Å²) in [5.74, 6) is 0.853. The third-order valence-electron chi connectivity index (χ3n) is 5.08. The Morgan fingerprint density at radius 1 is 1.22 bits per heavy atom. The summed E-state index contributed by atoms with van der Waals surface area (Å²) in [5.41, 5.74) is 8.20. The molecule has 1 aliphatic carbocycles. The lowest BCUT2D eigenvalue weighted by Crippen LogP contribution is -2.39. The highest BCUT2D eigenvalue weighted by molar-refractivity contribution is 5.75. The molecule has 0 saturated heterocycles. The smallest absolute Gasteiger partial charge is 0.347 e. The Kier molecular flexibility index (Phi) is 8.26. The summed E-state index contributed by atoms with van der Waals surface area (Å²) in [6, 6.07) is 6.36. The van der Waals surface area contributed by atoms with Gasteiger partial charge in [-0.3, -0.25) is 0 Å². The van der Waals surface area contributed by atoms with Crippen molar-refractivity contribution in [2.24, 2.45) is 5.92 Å². The number of benzene rings is 1. The van der Waals surface area contributed by atoms with Crippen LogP contribution in [0, 0.1) is 5.92 Å². The van der Waals surface area contributed by atoms with Crippen molar-refractivity contribution in [3.63, 3.8) is 0 Å². The van der Waals surface area contributed by atoms with Crippen LogP contribution in [0.15, 0.2) is 18.2 Å². The minimum absolute atomic E-state index is 0.328. The van der Waals surface area contributed by atoms with Crippen molar-refractivity contribution >= 4 is 17.3 Å². The molecule has 2 rings (SSSR count). The minimum Gasteiger partial charge on any atom is -0.479 e. The largest absolute Gasteiger partial charge is 0.479 e. The van der Waals surface area contributed by atoms with Gasteiger partial charge in [0.1, 0.15) is 5.75 Å². The number of rotatable bonds is 9. The number of carbonyl (C=O) groups excluding carboxylic acids is 1. The predicted octanol–water partition coefficient (Wildman–Crippen LogP) is 4.78. The fourth-order valence-corrected chi connectivity index (χ4v) is 3.80. The maximum Gasteiger partial charge on any atom is 0.347 e. The highest BCUT2D eigenvalue weighted by Gasteiger charge is 2.25. The molecule has 5 heteroatoms. The number of nitrogen functional groups attached to an aromatic ring is 1. The first kappa shape index (κ1) is 21.4. The van der Waals surface area contributed by atoms with Crippen LogP contribution in [0.4, 0.5) is 11.4 Å². The second kappa shape index (κ2) is 10.4. The van der Waals surface area contributed by atoms with Crippen LogP contribution in [0.1, 0.15) is 66.2 Å². The Balaban J connectivity index is 2.18. The lowest BCUT2D eigenvalue weighted by Gasteiger charge is -2.38. The van der Waals surface area contributed by atoms with Crippen LogP contribution >= 0.6 is 0 Å². The molecule has 1 aromatic carbocycles. The normalized spacial score (nSPS) is 16.2. The van der Waals surface area contributed by atoms with Gasteiger partial charge in [0, 0.05) is 18.7 Å². The molecule has 1 fully saturated rings. The van der Waals surface area contributed by atoms with Crippen molar-refractivity contribution in [2.45, 2.75) is 78.4 Å². The van der Waals surface area contributed by atoms with Crippen molar-refractivity contribution in [3.8, 4) is 5.75 Å². The van der Waals surface area contributed by atoms with E-state index < -0.39 is 6.10 Å². The van der Waals surface area contributed by atoms with Crippen molar-refractivity contribution in [1.82, 2.24) is 0 Å². The molecule has 1 aliphatic rings. The number of hydrogen-bond donors (Lipinski definition) is 1. The van der Waals surface area contributed by atoms with Crippen molar-refractivity contribution in [2.75, 3.05) is 23.8 Å². The van der Waals surface area contributed by atoms with Gasteiger partial charge < -0.3 is 20.1 Å². The number of nitrogens with zero attached hydrogens (tertiary/aromatic N) is 1. The molecule has 0 amide bonds. The summed E-state index contributed by atoms with van der Waals surface area (Å²) in [4.78, 5) is 14.5. The molecule has 0 spiro atoms. The van der Waals surface area contributed by atoms with Gasteiger partial charge >= 0.3 is 5.97 Å². The molecule has 0 aromatic heterocycles. The molecule has 0 heterocycles. The predicted molar refractivity (Wildman–Crippen MR) is 111 cm³/mol. The zero-order valence-electron chi connectivity index (χ0n) is 17.4. The van der Waals surface area contributed by atoms with Crippen LogP contribution in [0.2, 0.25) is 0 Å². The standard InChI is InChI=1S/C22H36N2O3/c1-5-21(22(25)26-6-2)27-18-12-13-20(19(23)14-18)24(15-16(3)4)17-10-8-7-9-11-17/h12-14,16-17,21H,5-11,15,23H2,1-4H3. The van der Waals surface area contributed by atoms with E-state index in [-0.39, 0.29) is 5.97 Å². The molecule has 0 aliphatic heterocycles. The fraction of sp³-hybridized carbons (Fsp3) is 0.682. The molecular formula is C22H36N2O3. The molecule has 0 bridgehead atoms. The molecule has 1 atom stereocenters. The number of anilines is 2. The van der Waals surface area contributed by atoms with Gasteiger partial charge in [-0.2, -0.15) is 0 Å². The molecule has 1 saturated carbocycles. The van der Waals surface area contributed by atoms with Crippen molar-refractivity contribution in [1.29, 1.82) is 0 Å². The van der Waals surface area contributed by atoms with E-state index in [0.29, 0.717) is 36.4 Å². The van der Waals surface area contributed by atoms with E-state index in [1.807, 2.05) is 25.1 Å². The van der Waals surface area contributed by atoms with E-state index in [1.165, 1.54) is 32.1 Å². The number of carbonyl (C=O) groups is 1. The number of hydrogen-bond acceptors (Lipinski definition) is 5. The molecular weight excluding hydrogens is 340 g/mol. The summed E-state index contributed by atoms with van der Waals surface area (Å²) in [6.07, 6.45) is 6.33. The van der Waals surface area contributed by atoms with Crippen LogP contribution in [0.3, 0.4) is 0 Å². The van der Waals surface area contributed by atoms with Crippen LogP contribution in [-0.4, -0.2) is 31.3 Å². The van der Waals surface area contributed by atoms with Crippen LogP contribution < -0.4 is 15.4 Å². The van der Waals surface area contributed by atoms with E-state index in [1.54, 1.807) is 6.92 Å². The maximum atomic E-state index is 12.0. The third-order valence-corrected chi connectivity index (χ3v) is 5.08. The molecule has 152 valence electrons. The van der Waals surface area contributed by atoms with E-state index in [4.69, 9.17) is 15.2 Å². The SMILES string of the molecule is CCOC(=O)C(CC)Oc1ccc(N(CC(C)C)C2CCCCC2)c(N)c1. The van der Waals surface area contributed by atoms with E-state index in [2.05, 4.69) is 18.7 Å². The third kappa shape index (κ3) is 6.05. The van der Waals surface area contributed by atoms with Crippen LogP contribution in [-0.2, 0) is 9.53 Å². The van der Waals surface area contributed by atoms with Crippen LogP contribution in [0.25, 0.3) is 0 Å². The van der Waals surface area contributed by atoms with E-state index >= 15 is 0 Å². The van der Waals surface area contributed by atoms with Gasteiger partial charge in [-0.1, -0.05) is 40.0 Å². The first-order chi connectivity index (χ1) is 13.0. The summed E-state index contributed by atoms with van der Waals surface area (Å²) in [7, 11) is 0. The molecule has 1 unspecified atom stereocenters. The zero-order valence-corrected chi connectivity index (χ0v) is 17.4. The van der Waals surface area contributed by atoms with Gasteiger partial charge in [0.25, 0.3) is 0 Å². The van der Waals surface area contributed by atoms with Crippen LogP contribution in [0.5, 0.6) is 5.75 Å². The lowest BCUT2D eigenvalue weighted by atomic mass is 9.93. The van der Waals surface area contributed by atoms with E-state index in [9.17, 15) is 4.79 Å². The molecule has 27 heavy (non-hydrogen) atoms. The number of nitrogens with two attached hydrogens (primary N) is 1. The summed E-state index contributed by atoms with van der Waals surface area (Å²) < 4.78 is 10.9. The monoisotopic (exact) mass is 376 g/mol. The Bertz CT molecular complexity index is 597. The van der Waals surface area contributed by atoms with Gasteiger partial charge in [-0.25, -0.2) is 4.79 Å². The average Bonchev–Trinajstić information content (AvgIpc) is 2.65. The first-order valence-corrected chi connectivity index (χ1v) is 10.5. The highest BCUT2D eigenvalue weighted by atomic mass is 16.6. The van der Waals surface area contributed by atoms with Gasteiger partial charge in [-0.15, -0.1) is 0 Å². The minimum atomic E-state index is -0.597. The first-order valence-electron chi connectivity index (χ1n) is 10.5. The maximum absolute atomic E-state index is 12.0. The van der Waals surface area contributed by atoms with Gasteiger partial charge in [0.15, 0.2) is 6.10 Å². The number of ether oxygens (including phenoxy) is 2. The summed E-state index contributed by atoms with van der Waals surface area (Å²) in [5, 5.41) is 0. The van der Waals surface area contributed by atoms with Crippen molar-refractivity contribution < 1.29 is 14.3 Å². The molecule has 5 nitrogen and oxygen atoms in total. The van der Waals surface area contributed by atoms with Crippen molar-refractivity contribution in [3.05, 3.63) is 18.2 Å². The number of esters is 1. The van der Waals surface area contributed by atoms with E-state index in [0.717, 1.165) is 12.2 Å². The second-order valence-electron chi connectivity index (χ2n) is 7.83. The Labute approximate surface area is 164 Å². The Morgan fingerprint density at radius 2 is 1.93 bits per heavy atom. The molecule has 1 aromatic rings.